The summed E-state index contributed by atoms with van der Waals surface area (Å²) in [5, 5.41) is 18.0. The first kappa shape index (κ1) is 13.3. The van der Waals surface area contributed by atoms with Crippen LogP contribution in [0.1, 0.15) is 15.9 Å². The fourth-order valence-corrected chi connectivity index (χ4v) is 1.98. The Balaban J connectivity index is 3.07. The van der Waals surface area contributed by atoms with Gasteiger partial charge in [0.1, 0.15) is 11.6 Å². The van der Waals surface area contributed by atoms with Crippen LogP contribution in [-0.2, 0) is 4.74 Å². The summed E-state index contributed by atoms with van der Waals surface area (Å²) >= 11 is 1.23. The monoisotopic (exact) mass is 254 g/mol. The van der Waals surface area contributed by atoms with E-state index >= 15 is 0 Å². The van der Waals surface area contributed by atoms with E-state index in [1.54, 1.807) is 7.11 Å². The molecule has 0 aromatic carbocycles. The molecule has 0 amide bonds. The lowest BCUT2D eigenvalue weighted by Crippen LogP contribution is -2.18. The molecular weight excluding hydrogens is 244 g/mol. The lowest BCUT2D eigenvalue weighted by molar-refractivity contribution is 0.0694. The molecule has 1 rings (SSSR count). The number of H-pyrrole nitrogens is 1. The quantitative estimate of drug-likeness (QED) is 0.591. The minimum Gasteiger partial charge on any atom is -0.477 e. The van der Waals surface area contributed by atoms with E-state index in [9.17, 15) is 9.59 Å². The predicted octanol–water partition coefficient (Wildman–Crippen LogP) is 0.683. The molecule has 0 bridgehead atoms. The van der Waals surface area contributed by atoms with Crippen molar-refractivity contribution in [3.05, 3.63) is 27.5 Å². The van der Waals surface area contributed by atoms with Crippen LogP contribution in [-0.4, -0.2) is 35.5 Å². The SMILES string of the molecule is COCCSc1[nH]c(=O)c(C(=O)O)cc1C#N. The van der Waals surface area contributed by atoms with Crippen molar-refractivity contribution in [1.29, 1.82) is 5.26 Å². The second-order valence-corrected chi connectivity index (χ2v) is 4.12. The van der Waals surface area contributed by atoms with E-state index in [-0.39, 0.29) is 5.56 Å². The maximum absolute atomic E-state index is 11.4. The molecule has 0 unspecified atom stereocenters. The molecule has 1 aromatic rings. The molecule has 0 spiro atoms. The lowest BCUT2D eigenvalue weighted by Gasteiger charge is -2.04. The molecule has 0 saturated heterocycles. The van der Waals surface area contributed by atoms with Crippen LogP contribution in [0.25, 0.3) is 0 Å². The summed E-state index contributed by atoms with van der Waals surface area (Å²) in [6, 6.07) is 2.93. The van der Waals surface area contributed by atoms with Crippen LogP contribution in [0.4, 0.5) is 0 Å². The summed E-state index contributed by atoms with van der Waals surface area (Å²) in [6.07, 6.45) is 0. The van der Waals surface area contributed by atoms with Gasteiger partial charge < -0.3 is 14.8 Å². The maximum atomic E-state index is 11.4. The molecular formula is C10H10N2O4S. The number of rotatable bonds is 5. The van der Waals surface area contributed by atoms with E-state index in [2.05, 4.69) is 4.98 Å². The number of nitriles is 1. The molecule has 0 aliphatic heterocycles. The van der Waals surface area contributed by atoms with Crippen LogP contribution < -0.4 is 5.56 Å². The van der Waals surface area contributed by atoms with Gasteiger partial charge in [0.2, 0.25) is 0 Å². The number of carboxylic acid groups (broad SMARTS) is 1. The molecule has 6 nitrogen and oxygen atoms in total. The van der Waals surface area contributed by atoms with E-state index in [4.69, 9.17) is 15.1 Å². The number of pyridine rings is 1. The molecule has 0 aliphatic rings. The van der Waals surface area contributed by atoms with Crippen LogP contribution in [0.2, 0.25) is 0 Å². The summed E-state index contributed by atoms with van der Waals surface area (Å²) in [4.78, 5) is 24.5. The summed E-state index contributed by atoms with van der Waals surface area (Å²) in [5.74, 6) is -0.788. The number of hydrogen-bond acceptors (Lipinski definition) is 5. The number of nitrogens with one attached hydrogen (secondary N) is 1. The molecule has 1 heterocycles. The molecule has 90 valence electrons. The maximum Gasteiger partial charge on any atom is 0.341 e. The van der Waals surface area contributed by atoms with Crippen LogP contribution >= 0.6 is 11.8 Å². The third-order valence-corrected chi connectivity index (χ3v) is 2.87. The van der Waals surface area contributed by atoms with Crippen LogP contribution in [0.3, 0.4) is 0 Å². The van der Waals surface area contributed by atoms with Gasteiger partial charge in [0.25, 0.3) is 5.56 Å². The number of hydrogen-bond donors (Lipinski definition) is 2. The second-order valence-electron chi connectivity index (χ2n) is 3.01. The highest BCUT2D eigenvalue weighted by Crippen LogP contribution is 2.18. The Bertz CT molecular complexity index is 518. The minimum atomic E-state index is -1.35. The topological polar surface area (TPSA) is 103 Å². The number of carboxylic acids is 1. The third-order valence-electron chi connectivity index (χ3n) is 1.89. The van der Waals surface area contributed by atoms with Gasteiger partial charge in [-0.3, -0.25) is 4.79 Å². The van der Waals surface area contributed by atoms with Gasteiger partial charge in [-0.05, 0) is 6.07 Å². The number of carbonyl (C=O) groups is 1. The van der Waals surface area contributed by atoms with Gasteiger partial charge in [-0.25, -0.2) is 4.79 Å². The Morgan fingerprint density at radius 2 is 2.41 bits per heavy atom. The number of nitrogens with zero attached hydrogens (tertiary/aromatic N) is 1. The lowest BCUT2D eigenvalue weighted by atomic mass is 10.2. The Morgan fingerprint density at radius 1 is 1.71 bits per heavy atom. The zero-order valence-corrected chi connectivity index (χ0v) is 9.84. The number of aromatic nitrogens is 1. The Labute approximate surface area is 101 Å². The van der Waals surface area contributed by atoms with Gasteiger partial charge in [-0.2, -0.15) is 5.26 Å². The molecule has 7 heteroatoms. The van der Waals surface area contributed by atoms with Crippen molar-refractivity contribution in [3.8, 4) is 6.07 Å². The summed E-state index contributed by atoms with van der Waals surface area (Å²) < 4.78 is 4.84. The fraction of sp³-hybridized carbons (Fsp3) is 0.300. The minimum absolute atomic E-state index is 0.142. The highest BCUT2D eigenvalue weighted by Gasteiger charge is 2.13. The Kier molecular flexibility index (Phi) is 4.75. The Hall–Kier alpha value is -1.78. The van der Waals surface area contributed by atoms with Crippen molar-refractivity contribution in [2.75, 3.05) is 19.5 Å². The van der Waals surface area contributed by atoms with Crippen molar-refractivity contribution in [2.24, 2.45) is 0 Å². The van der Waals surface area contributed by atoms with Gasteiger partial charge >= 0.3 is 5.97 Å². The van der Waals surface area contributed by atoms with E-state index in [0.29, 0.717) is 17.4 Å². The molecule has 2 N–H and O–H groups in total. The highest BCUT2D eigenvalue weighted by atomic mass is 32.2. The molecule has 0 aliphatic carbocycles. The highest BCUT2D eigenvalue weighted by molar-refractivity contribution is 7.99. The van der Waals surface area contributed by atoms with E-state index < -0.39 is 17.1 Å². The fourth-order valence-electron chi connectivity index (χ4n) is 1.10. The molecule has 17 heavy (non-hydrogen) atoms. The average Bonchev–Trinajstić information content (AvgIpc) is 2.29. The van der Waals surface area contributed by atoms with Gasteiger partial charge in [0, 0.05) is 12.9 Å². The first-order valence-corrected chi connectivity index (χ1v) is 5.61. The zero-order valence-electron chi connectivity index (χ0n) is 9.02. The molecule has 0 saturated carbocycles. The molecule has 0 radical (unpaired) electrons. The predicted molar refractivity (Wildman–Crippen MR) is 61.3 cm³/mol. The largest absolute Gasteiger partial charge is 0.477 e. The van der Waals surface area contributed by atoms with Gasteiger partial charge in [-0.15, -0.1) is 11.8 Å². The van der Waals surface area contributed by atoms with Crippen LogP contribution in [0, 0.1) is 11.3 Å². The second kappa shape index (κ2) is 6.08. The smallest absolute Gasteiger partial charge is 0.341 e. The number of ether oxygens (including phenoxy) is 1. The average molecular weight is 254 g/mol. The van der Waals surface area contributed by atoms with Crippen molar-refractivity contribution in [2.45, 2.75) is 5.03 Å². The van der Waals surface area contributed by atoms with E-state index in [0.717, 1.165) is 6.07 Å². The van der Waals surface area contributed by atoms with Gasteiger partial charge in [0.05, 0.1) is 17.2 Å². The number of thioether (sulfide) groups is 1. The summed E-state index contributed by atoms with van der Waals surface area (Å²) in [6.45, 7) is 0.470. The number of aromatic amines is 1. The zero-order chi connectivity index (χ0) is 12.8. The Morgan fingerprint density at radius 3 is 2.94 bits per heavy atom. The first-order chi connectivity index (χ1) is 8.10. The van der Waals surface area contributed by atoms with Gasteiger partial charge in [-0.1, -0.05) is 0 Å². The van der Waals surface area contributed by atoms with E-state index in [1.165, 1.54) is 11.8 Å². The molecule has 1 aromatic heterocycles. The standard InChI is InChI=1S/C10H10N2O4S/c1-16-2-3-17-9-6(5-11)4-7(10(14)15)8(13)12-9/h4H,2-3H2,1H3,(H,12,13)(H,14,15). The van der Waals surface area contributed by atoms with Crippen molar-refractivity contribution in [3.63, 3.8) is 0 Å². The molecule has 0 fully saturated rings. The van der Waals surface area contributed by atoms with Crippen LogP contribution in [0.15, 0.2) is 15.9 Å². The third kappa shape index (κ3) is 3.34. The summed E-state index contributed by atoms with van der Waals surface area (Å²) in [5.41, 5.74) is -1.00. The first-order valence-electron chi connectivity index (χ1n) is 4.62. The normalized spacial score (nSPS) is 9.88. The number of methoxy groups -OCH3 is 1. The molecule has 0 atom stereocenters. The van der Waals surface area contributed by atoms with E-state index in [1.807, 2.05) is 6.07 Å². The number of aromatic carboxylic acids is 1. The van der Waals surface area contributed by atoms with Crippen molar-refractivity contribution < 1.29 is 14.6 Å². The van der Waals surface area contributed by atoms with Crippen LogP contribution in [0.5, 0.6) is 0 Å². The van der Waals surface area contributed by atoms with Crippen molar-refractivity contribution >= 4 is 17.7 Å². The summed E-state index contributed by atoms with van der Waals surface area (Å²) in [7, 11) is 1.54. The van der Waals surface area contributed by atoms with Gasteiger partial charge in [0.15, 0.2) is 0 Å². The van der Waals surface area contributed by atoms with Crippen molar-refractivity contribution in [1.82, 2.24) is 4.98 Å².